The zero-order valence-corrected chi connectivity index (χ0v) is 11.3. The van der Waals surface area contributed by atoms with Crippen LogP contribution in [0.2, 0.25) is 0 Å². The molecule has 0 aliphatic heterocycles. The van der Waals surface area contributed by atoms with Gasteiger partial charge in [-0.05, 0) is 6.42 Å². The first-order chi connectivity index (χ1) is 8.04. The summed E-state index contributed by atoms with van der Waals surface area (Å²) < 4.78 is 24.2. The first-order valence-electron chi connectivity index (χ1n) is 4.80. The SMILES string of the molecule is CCCn1c(-c2cncs2)nnc1S(=O)(=O)Cl. The lowest BCUT2D eigenvalue weighted by atomic mass is 10.4. The van der Waals surface area contributed by atoms with Crippen molar-refractivity contribution in [3.05, 3.63) is 11.7 Å². The Morgan fingerprint density at radius 1 is 1.47 bits per heavy atom. The lowest BCUT2D eigenvalue weighted by Crippen LogP contribution is -2.07. The van der Waals surface area contributed by atoms with Gasteiger partial charge in [-0.15, -0.1) is 21.5 Å². The molecule has 9 heteroatoms. The third-order valence-electron chi connectivity index (χ3n) is 2.03. The van der Waals surface area contributed by atoms with Gasteiger partial charge >= 0.3 is 0 Å². The van der Waals surface area contributed by atoms with Crippen LogP contribution in [0.5, 0.6) is 0 Å². The molecule has 0 amide bonds. The van der Waals surface area contributed by atoms with Gasteiger partial charge in [0, 0.05) is 23.4 Å². The molecule has 0 saturated heterocycles. The van der Waals surface area contributed by atoms with Crippen LogP contribution in [-0.4, -0.2) is 28.2 Å². The fourth-order valence-electron chi connectivity index (χ4n) is 1.40. The summed E-state index contributed by atoms with van der Waals surface area (Å²) in [6.45, 7) is 2.42. The molecule has 2 aromatic rings. The Bertz CT molecular complexity index is 606. The van der Waals surface area contributed by atoms with E-state index in [1.165, 1.54) is 15.9 Å². The van der Waals surface area contributed by atoms with Crippen LogP contribution >= 0.6 is 22.0 Å². The number of hydrogen-bond acceptors (Lipinski definition) is 6. The van der Waals surface area contributed by atoms with Gasteiger partial charge in [0.1, 0.15) is 0 Å². The summed E-state index contributed by atoms with van der Waals surface area (Å²) in [5, 5.41) is 7.28. The quantitative estimate of drug-likeness (QED) is 0.802. The van der Waals surface area contributed by atoms with Gasteiger partial charge in [-0.1, -0.05) is 6.92 Å². The van der Waals surface area contributed by atoms with E-state index >= 15 is 0 Å². The van der Waals surface area contributed by atoms with Crippen molar-refractivity contribution in [3.63, 3.8) is 0 Å². The Kier molecular flexibility index (Phi) is 3.45. The zero-order chi connectivity index (χ0) is 12.5. The smallest absolute Gasteiger partial charge is 0.296 e. The predicted octanol–water partition coefficient (Wildman–Crippen LogP) is 1.74. The van der Waals surface area contributed by atoms with Crippen molar-refractivity contribution >= 4 is 31.1 Å². The highest BCUT2D eigenvalue weighted by Crippen LogP contribution is 2.25. The molecular formula is C8H9ClN4O2S2. The minimum atomic E-state index is -3.88. The van der Waals surface area contributed by atoms with E-state index in [0.29, 0.717) is 12.4 Å². The van der Waals surface area contributed by atoms with Crippen LogP contribution < -0.4 is 0 Å². The summed E-state index contributed by atoms with van der Waals surface area (Å²) in [6, 6.07) is 0. The fraction of sp³-hybridized carbons (Fsp3) is 0.375. The largest absolute Gasteiger partial charge is 0.296 e. The Labute approximate surface area is 107 Å². The molecule has 0 radical (unpaired) electrons. The molecule has 0 aromatic carbocycles. The molecule has 2 rings (SSSR count). The Hall–Kier alpha value is -0.990. The molecule has 17 heavy (non-hydrogen) atoms. The van der Waals surface area contributed by atoms with Gasteiger partial charge in [0.15, 0.2) is 5.82 Å². The van der Waals surface area contributed by atoms with Crippen LogP contribution in [0, 0.1) is 0 Å². The molecule has 0 unspecified atom stereocenters. The summed E-state index contributed by atoms with van der Waals surface area (Å²) in [7, 11) is 1.43. The van der Waals surface area contributed by atoms with Gasteiger partial charge in [0.25, 0.3) is 14.2 Å². The third kappa shape index (κ3) is 2.48. The topological polar surface area (TPSA) is 77.7 Å². The number of hydrogen-bond donors (Lipinski definition) is 0. The predicted molar refractivity (Wildman–Crippen MR) is 64.5 cm³/mol. The lowest BCUT2D eigenvalue weighted by Gasteiger charge is -2.05. The summed E-state index contributed by atoms with van der Waals surface area (Å²) in [5.41, 5.74) is 1.65. The van der Waals surface area contributed by atoms with E-state index in [1.807, 2.05) is 6.92 Å². The minimum absolute atomic E-state index is 0.218. The number of thiazole rings is 1. The molecule has 0 atom stereocenters. The molecule has 92 valence electrons. The molecule has 0 saturated carbocycles. The maximum Gasteiger partial charge on any atom is 0.296 e. The lowest BCUT2D eigenvalue weighted by molar-refractivity contribution is 0.570. The van der Waals surface area contributed by atoms with Gasteiger partial charge in [0.05, 0.1) is 10.4 Å². The van der Waals surface area contributed by atoms with E-state index in [0.717, 1.165) is 11.3 Å². The Morgan fingerprint density at radius 3 is 2.76 bits per heavy atom. The third-order valence-corrected chi connectivity index (χ3v) is 3.96. The molecule has 2 heterocycles. The normalized spacial score (nSPS) is 11.9. The maximum absolute atomic E-state index is 11.3. The Morgan fingerprint density at radius 2 is 2.24 bits per heavy atom. The van der Waals surface area contributed by atoms with Crippen molar-refractivity contribution in [1.82, 2.24) is 19.7 Å². The van der Waals surface area contributed by atoms with E-state index in [4.69, 9.17) is 10.7 Å². The van der Waals surface area contributed by atoms with Crippen LogP contribution in [0.1, 0.15) is 13.3 Å². The fourth-order valence-corrected chi connectivity index (χ4v) is 2.94. The Balaban J connectivity index is 2.59. The number of rotatable bonds is 4. The highest BCUT2D eigenvalue weighted by atomic mass is 35.7. The van der Waals surface area contributed by atoms with Gasteiger partial charge in [0.2, 0.25) is 0 Å². The molecule has 0 bridgehead atoms. The van der Waals surface area contributed by atoms with Crippen molar-refractivity contribution < 1.29 is 8.42 Å². The number of aromatic nitrogens is 4. The second-order valence-corrected chi connectivity index (χ2v) is 6.61. The number of halogens is 1. The van der Waals surface area contributed by atoms with E-state index in [9.17, 15) is 8.42 Å². The minimum Gasteiger partial charge on any atom is -0.296 e. The average molecular weight is 293 g/mol. The molecule has 0 N–H and O–H groups in total. The van der Waals surface area contributed by atoms with Crippen LogP contribution in [0.15, 0.2) is 16.9 Å². The highest BCUT2D eigenvalue weighted by Gasteiger charge is 2.23. The van der Waals surface area contributed by atoms with Crippen molar-refractivity contribution in [2.75, 3.05) is 0 Å². The first kappa shape index (κ1) is 12.5. The standard InChI is InChI=1S/C8H9ClN4O2S2/c1-2-3-13-7(6-4-10-5-16-6)11-12-8(13)17(9,14)15/h4-5H,2-3H2,1H3. The monoisotopic (exact) mass is 292 g/mol. The molecule has 0 fully saturated rings. The van der Waals surface area contributed by atoms with Crippen LogP contribution in [-0.2, 0) is 15.6 Å². The van der Waals surface area contributed by atoms with Gasteiger partial charge in [-0.2, -0.15) is 0 Å². The zero-order valence-electron chi connectivity index (χ0n) is 8.87. The maximum atomic E-state index is 11.3. The average Bonchev–Trinajstić information content (AvgIpc) is 2.82. The molecule has 0 aliphatic carbocycles. The van der Waals surface area contributed by atoms with Crippen LogP contribution in [0.3, 0.4) is 0 Å². The van der Waals surface area contributed by atoms with E-state index < -0.39 is 9.05 Å². The molecule has 0 spiro atoms. The van der Waals surface area contributed by atoms with Crippen molar-refractivity contribution in [2.24, 2.45) is 0 Å². The highest BCUT2D eigenvalue weighted by molar-refractivity contribution is 8.13. The molecule has 0 aliphatic rings. The summed E-state index contributed by atoms with van der Waals surface area (Å²) in [5.74, 6) is 0.480. The summed E-state index contributed by atoms with van der Waals surface area (Å²) in [4.78, 5) is 4.69. The van der Waals surface area contributed by atoms with E-state index in [1.54, 1.807) is 11.7 Å². The van der Waals surface area contributed by atoms with Gasteiger partial charge < -0.3 is 0 Å². The van der Waals surface area contributed by atoms with Crippen LogP contribution in [0.4, 0.5) is 0 Å². The first-order valence-corrected chi connectivity index (χ1v) is 7.99. The van der Waals surface area contributed by atoms with E-state index in [2.05, 4.69) is 15.2 Å². The summed E-state index contributed by atoms with van der Waals surface area (Å²) >= 11 is 1.37. The van der Waals surface area contributed by atoms with Gasteiger partial charge in [-0.25, -0.2) is 8.42 Å². The second kappa shape index (κ2) is 4.71. The molecule has 2 aromatic heterocycles. The second-order valence-electron chi connectivity index (χ2n) is 3.26. The van der Waals surface area contributed by atoms with Crippen LogP contribution in [0.25, 0.3) is 10.7 Å². The van der Waals surface area contributed by atoms with Gasteiger partial charge in [-0.3, -0.25) is 9.55 Å². The van der Waals surface area contributed by atoms with Crippen molar-refractivity contribution in [2.45, 2.75) is 25.0 Å². The van der Waals surface area contributed by atoms with Crippen molar-refractivity contribution in [1.29, 1.82) is 0 Å². The van der Waals surface area contributed by atoms with Crippen molar-refractivity contribution in [3.8, 4) is 10.7 Å². The molecular weight excluding hydrogens is 284 g/mol. The van der Waals surface area contributed by atoms with E-state index in [-0.39, 0.29) is 5.16 Å². The number of nitrogens with zero attached hydrogens (tertiary/aromatic N) is 4. The molecule has 6 nitrogen and oxygen atoms in total. The summed E-state index contributed by atoms with van der Waals surface area (Å²) in [6.07, 6.45) is 2.37.